The van der Waals surface area contributed by atoms with E-state index >= 15 is 0 Å². The minimum atomic E-state index is -0.556. The fourth-order valence-electron chi connectivity index (χ4n) is 3.09. The molecule has 0 spiro atoms. The van der Waals surface area contributed by atoms with Crippen LogP contribution in [0, 0.1) is 0 Å². The van der Waals surface area contributed by atoms with Crippen LogP contribution in [0.3, 0.4) is 0 Å². The molecule has 1 aliphatic rings. The second kappa shape index (κ2) is 7.56. The van der Waals surface area contributed by atoms with Gasteiger partial charge in [0, 0.05) is 12.8 Å². The maximum atomic E-state index is 12.5. The zero-order valence-electron chi connectivity index (χ0n) is 13.2. The number of hydrogen-bond donors (Lipinski definition) is 1. The zero-order chi connectivity index (χ0) is 17.0. The molecule has 0 unspecified atom stereocenters. The van der Waals surface area contributed by atoms with Gasteiger partial charge in [-0.1, -0.05) is 59.6 Å². The lowest BCUT2D eigenvalue weighted by atomic mass is 9.84. The third kappa shape index (κ3) is 3.92. The van der Waals surface area contributed by atoms with Crippen LogP contribution in [0.5, 0.6) is 0 Å². The summed E-state index contributed by atoms with van der Waals surface area (Å²) in [5.41, 5.74) is 1.29. The molecule has 2 aromatic carbocycles. The molecule has 1 aliphatic heterocycles. The number of carbonyl (C=O) groups is 1. The summed E-state index contributed by atoms with van der Waals surface area (Å²) in [7, 11) is 0. The quantitative estimate of drug-likeness (QED) is 0.820. The normalized spacial score (nSPS) is 16.6. The van der Waals surface area contributed by atoms with Crippen LogP contribution in [0.1, 0.15) is 24.0 Å². The Labute approximate surface area is 151 Å². The first-order valence-corrected chi connectivity index (χ1v) is 8.77. The summed E-state index contributed by atoms with van der Waals surface area (Å²) in [4.78, 5) is 12.5. The number of piperidine rings is 1. The summed E-state index contributed by atoms with van der Waals surface area (Å²) in [5.74, 6) is -0.251. The number of hydrogen-bond acceptors (Lipinski definition) is 3. The smallest absolute Gasteiger partial charge is 0.311 e. The average Bonchev–Trinajstić information content (AvgIpc) is 2.60. The molecule has 1 N–H and O–H groups in total. The number of benzene rings is 2. The van der Waals surface area contributed by atoms with Gasteiger partial charge in [-0.25, -0.2) is 0 Å². The molecule has 126 valence electrons. The van der Waals surface area contributed by atoms with Gasteiger partial charge < -0.3 is 10.1 Å². The number of ether oxygens (including phenoxy) is 1. The molecule has 0 saturated carbocycles. The van der Waals surface area contributed by atoms with E-state index in [9.17, 15) is 4.79 Å². The first-order valence-electron chi connectivity index (χ1n) is 8.01. The van der Waals surface area contributed by atoms with E-state index < -0.39 is 5.60 Å². The Balaban J connectivity index is 1.77. The van der Waals surface area contributed by atoms with Gasteiger partial charge in [-0.2, -0.15) is 0 Å². The Bertz CT molecular complexity index is 713. The van der Waals surface area contributed by atoms with E-state index in [1.807, 2.05) is 30.3 Å². The van der Waals surface area contributed by atoms with Crippen molar-refractivity contribution in [1.29, 1.82) is 0 Å². The van der Waals surface area contributed by atoms with Gasteiger partial charge in [0.25, 0.3) is 0 Å². The number of nitrogens with one attached hydrogen (secondary N) is 1. The van der Waals surface area contributed by atoms with Crippen LogP contribution in [0.25, 0.3) is 0 Å². The molecule has 0 aliphatic carbocycles. The first kappa shape index (κ1) is 17.3. The van der Waals surface area contributed by atoms with Crippen molar-refractivity contribution in [2.24, 2.45) is 0 Å². The molecular formula is C19H19Cl2NO2. The van der Waals surface area contributed by atoms with E-state index in [4.69, 9.17) is 27.9 Å². The van der Waals surface area contributed by atoms with Crippen molar-refractivity contribution in [2.45, 2.75) is 24.9 Å². The summed E-state index contributed by atoms with van der Waals surface area (Å²) in [6, 6.07) is 15.2. The Morgan fingerprint density at radius 1 is 1.04 bits per heavy atom. The second-order valence-electron chi connectivity index (χ2n) is 6.01. The van der Waals surface area contributed by atoms with Crippen molar-refractivity contribution in [2.75, 3.05) is 13.1 Å². The summed E-state index contributed by atoms with van der Waals surface area (Å²) in [6.45, 7) is 1.66. The monoisotopic (exact) mass is 363 g/mol. The molecule has 3 rings (SSSR count). The van der Waals surface area contributed by atoms with E-state index in [1.165, 1.54) is 0 Å². The van der Waals surface area contributed by atoms with Gasteiger partial charge in [-0.15, -0.1) is 0 Å². The highest BCUT2D eigenvalue weighted by Gasteiger charge is 2.37. The van der Waals surface area contributed by atoms with Crippen LogP contribution in [0.2, 0.25) is 10.0 Å². The fourth-order valence-corrected chi connectivity index (χ4v) is 3.41. The lowest BCUT2D eigenvalue weighted by Crippen LogP contribution is -2.43. The minimum absolute atomic E-state index is 0.179. The Kier molecular flexibility index (Phi) is 5.44. The summed E-state index contributed by atoms with van der Waals surface area (Å²) in [5, 5.41) is 4.25. The van der Waals surface area contributed by atoms with Crippen molar-refractivity contribution < 1.29 is 9.53 Å². The van der Waals surface area contributed by atoms with Gasteiger partial charge in [0.2, 0.25) is 0 Å². The van der Waals surface area contributed by atoms with E-state index in [1.54, 1.807) is 18.2 Å². The Morgan fingerprint density at radius 3 is 2.42 bits per heavy atom. The van der Waals surface area contributed by atoms with Gasteiger partial charge in [0.1, 0.15) is 5.60 Å². The molecule has 0 radical (unpaired) electrons. The van der Waals surface area contributed by atoms with Crippen LogP contribution in [0.15, 0.2) is 48.5 Å². The van der Waals surface area contributed by atoms with Gasteiger partial charge in [0.05, 0.1) is 16.5 Å². The summed E-state index contributed by atoms with van der Waals surface area (Å²) >= 11 is 11.9. The number of esters is 1. The standard InChI is InChI=1S/C19H19Cl2NO2/c20-16-7-6-14(12-17(16)21)13-18(23)24-19(8-10-22-11-9-19)15-4-2-1-3-5-15/h1-7,12,22H,8-11,13H2. The molecule has 0 aromatic heterocycles. The number of rotatable bonds is 4. The van der Waals surface area contributed by atoms with Crippen LogP contribution in [-0.4, -0.2) is 19.1 Å². The van der Waals surface area contributed by atoms with E-state index in [2.05, 4.69) is 5.32 Å². The highest BCUT2D eigenvalue weighted by atomic mass is 35.5. The van der Waals surface area contributed by atoms with Gasteiger partial charge in [-0.05, 0) is 36.3 Å². The average molecular weight is 364 g/mol. The van der Waals surface area contributed by atoms with E-state index in [-0.39, 0.29) is 12.4 Å². The SMILES string of the molecule is O=C(Cc1ccc(Cl)c(Cl)c1)OC1(c2ccccc2)CCNCC1. The maximum absolute atomic E-state index is 12.5. The predicted molar refractivity (Wildman–Crippen MR) is 96.5 cm³/mol. The number of carbonyl (C=O) groups excluding carboxylic acids is 1. The van der Waals surface area contributed by atoms with E-state index in [0.29, 0.717) is 10.0 Å². The summed E-state index contributed by atoms with van der Waals surface area (Å²) in [6.07, 6.45) is 1.72. The van der Waals surface area contributed by atoms with Crippen molar-refractivity contribution >= 4 is 29.2 Å². The van der Waals surface area contributed by atoms with Crippen molar-refractivity contribution in [3.05, 3.63) is 69.7 Å². The molecule has 2 aromatic rings. The lowest BCUT2D eigenvalue weighted by molar-refractivity contribution is -0.163. The zero-order valence-corrected chi connectivity index (χ0v) is 14.7. The molecule has 1 heterocycles. The third-order valence-electron chi connectivity index (χ3n) is 4.35. The van der Waals surface area contributed by atoms with Crippen LogP contribution in [-0.2, 0) is 21.6 Å². The van der Waals surface area contributed by atoms with Gasteiger partial charge in [-0.3, -0.25) is 4.79 Å². The number of halogens is 2. The largest absolute Gasteiger partial charge is 0.454 e. The summed E-state index contributed by atoms with van der Waals surface area (Å²) < 4.78 is 5.98. The van der Waals surface area contributed by atoms with E-state index in [0.717, 1.165) is 37.1 Å². The molecule has 24 heavy (non-hydrogen) atoms. The molecule has 3 nitrogen and oxygen atoms in total. The molecule has 0 atom stereocenters. The molecule has 0 amide bonds. The minimum Gasteiger partial charge on any atom is -0.454 e. The maximum Gasteiger partial charge on any atom is 0.311 e. The first-order chi connectivity index (χ1) is 11.6. The topological polar surface area (TPSA) is 38.3 Å². The highest BCUT2D eigenvalue weighted by molar-refractivity contribution is 6.42. The van der Waals surface area contributed by atoms with Crippen LogP contribution >= 0.6 is 23.2 Å². The van der Waals surface area contributed by atoms with Gasteiger partial charge >= 0.3 is 5.97 Å². The van der Waals surface area contributed by atoms with Crippen LogP contribution in [0.4, 0.5) is 0 Å². The second-order valence-corrected chi connectivity index (χ2v) is 6.82. The van der Waals surface area contributed by atoms with Crippen molar-refractivity contribution in [1.82, 2.24) is 5.32 Å². The van der Waals surface area contributed by atoms with Crippen molar-refractivity contribution in [3.63, 3.8) is 0 Å². The highest BCUT2D eigenvalue weighted by Crippen LogP contribution is 2.35. The molecule has 1 saturated heterocycles. The van der Waals surface area contributed by atoms with Gasteiger partial charge in [0.15, 0.2) is 0 Å². The lowest BCUT2D eigenvalue weighted by Gasteiger charge is -2.37. The molecular weight excluding hydrogens is 345 g/mol. The van der Waals surface area contributed by atoms with Crippen LogP contribution < -0.4 is 5.32 Å². The Hall–Kier alpha value is -1.55. The predicted octanol–water partition coefficient (Wildman–Crippen LogP) is 4.36. The molecule has 0 bridgehead atoms. The third-order valence-corrected chi connectivity index (χ3v) is 5.09. The van der Waals surface area contributed by atoms with Crippen molar-refractivity contribution in [3.8, 4) is 0 Å². The Morgan fingerprint density at radius 2 is 1.75 bits per heavy atom. The molecule has 1 fully saturated rings. The fraction of sp³-hybridized carbons (Fsp3) is 0.316. The molecule has 5 heteroatoms.